The van der Waals surface area contributed by atoms with Crippen LogP contribution in [-0.2, 0) is 4.79 Å². The van der Waals surface area contributed by atoms with Crippen molar-refractivity contribution in [1.29, 1.82) is 0 Å². The molecule has 2 aromatic rings. The molecule has 10 nitrogen and oxygen atoms in total. The molecule has 1 saturated heterocycles. The number of anilines is 1. The highest BCUT2D eigenvalue weighted by Gasteiger charge is 2.27. The molecular formula is C21H30N5O5S+. The number of hydrogen-bond acceptors (Lipinski definition) is 9. The molecule has 32 heavy (non-hydrogen) atoms. The molecule has 11 heteroatoms. The fourth-order valence-electron chi connectivity index (χ4n) is 3.42. The zero-order valence-corrected chi connectivity index (χ0v) is 19.7. The van der Waals surface area contributed by atoms with Gasteiger partial charge in [0, 0.05) is 31.3 Å². The lowest BCUT2D eigenvalue weighted by Gasteiger charge is -2.32. The van der Waals surface area contributed by atoms with Crippen LogP contribution in [0.3, 0.4) is 0 Å². The van der Waals surface area contributed by atoms with E-state index >= 15 is 0 Å². The van der Waals surface area contributed by atoms with Gasteiger partial charge in [-0.25, -0.2) is 0 Å². The van der Waals surface area contributed by atoms with Gasteiger partial charge in [0.1, 0.15) is 17.1 Å². The smallest absolute Gasteiger partial charge is 0.305 e. The van der Waals surface area contributed by atoms with Crippen LogP contribution in [0.5, 0.6) is 11.5 Å². The standard InChI is InChI=1S/C21H29N5O5S/c1-15(2)24-9-11-25(12-10-24)26-14-19(31-23-26)22-18(27)8-13-32-21(28)20-16(29-3)6-5-7-17(20)30-4/h5-7,14-15H,8-13H2,1-4H3/p+1. The molecule has 1 aliphatic heterocycles. The van der Waals surface area contributed by atoms with Crippen LogP contribution in [0.4, 0.5) is 5.88 Å². The summed E-state index contributed by atoms with van der Waals surface area (Å²) in [6.07, 6.45) is 1.79. The molecule has 0 aliphatic carbocycles. The van der Waals surface area contributed by atoms with Crippen LogP contribution < -0.4 is 24.6 Å². The Morgan fingerprint density at radius 2 is 1.84 bits per heavy atom. The first kappa shape index (κ1) is 23.9. The summed E-state index contributed by atoms with van der Waals surface area (Å²) in [5.41, 5.74) is 0.358. The summed E-state index contributed by atoms with van der Waals surface area (Å²) in [4.78, 5) is 28.9. The van der Waals surface area contributed by atoms with E-state index in [1.54, 1.807) is 29.2 Å². The number of nitrogens with one attached hydrogen (secondary N) is 1. The number of aromatic nitrogens is 2. The first-order chi connectivity index (χ1) is 15.4. The maximum atomic E-state index is 12.6. The zero-order chi connectivity index (χ0) is 23.1. The quantitative estimate of drug-likeness (QED) is 0.554. The number of piperazine rings is 1. The fourth-order valence-corrected chi connectivity index (χ4v) is 4.24. The molecule has 1 aromatic carbocycles. The highest BCUT2D eigenvalue weighted by Crippen LogP contribution is 2.32. The highest BCUT2D eigenvalue weighted by molar-refractivity contribution is 8.14. The van der Waals surface area contributed by atoms with Gasteiger partial charge in [0.05, 0.1) is 32.1 Å². The second-order valence-corrected chi connectivity index (χ2v) is 8.61. The van der Waals surface area contributed by atoms with Crippen LogP contribution in [0.1, 0.15) is 30.6 Å². The number of thioether (sulfide) groups is 1. The fraction of sp³-hybridized carbons (Fsp3) is 0.524. The third-order valence-electron chi connectivity index (χ3n) is 5.22. The van der Waals surface area contributed by atoms with Crippen LogP contribution in [0.15, 0.2) is 28.9 Å². The van der Waals surface area contributed by atoms with Crippen LogP contribution in [0.2, 0.25) is 0 Å². The van der Waals surface area contributed by atoms with Gasteiger partial charge in [0.25, 0.3) is 6.20 Å². The molecule has 2 heterocycles. The van der Waals surface area contributed by atoms with Gasteiger partial charge in [-0.3, -0.25) is 24.3 Å². The molecule has 0 unspecified atom stereocenters. The van der Waals surface area contributed by atoms with E-state index in [1.807, 2.05) is 0 Å². The molecule has 1 aliphatic rings. The topological polar surface area (TPSA) is 101 Å². The minimum atomic E-state index is -0.259. The lowest BCUT2D eigenvalue weighted by molar-refractivity contribution is -0.759. The van der Waals surface area contributed by atoms with E-state index < -0.39 is 0 Å². The van der Waals surface area contributed by atoms with Crippen molar-refractivity contribution in [2.75, 3.05) is 56.5 Å². The first-order valence-electron chi connectivity index (χ1n) is 10.5. The first-order valence-corrected chi connectivity index (χ1v) is 11.5. The Bertz CT molecular complexity index is 905. The van der Waals surface area contributed by atoms with Crippen molar-refractivity contribution in [2.45, 2.75) is 26.3 Å². The Hall–Kier alpha value is -2.79. The van der Waals surface area contributed by atoms with Gasteiger partial charge in [0.2, 0.25) is 16.3 Å². The Morgan fingerprint density at radius 1 is 1.19 bits per heavy atom. The molecule has 1 amide bonds. The number of benzene rings is 1. The van der Waals surface area contributed by atoms with Gasteiger partial charge in [-0.15, -0.1) is 0 Å². The lowest BCUT2D eigenvalue weighted by atomic mass is 10.2. The number of carbonyl (C=O) groups excluding carboxylic acids is 2. The molecule has 0 bridgehead atoms. The molecule has 1 fully saturated rings. The number of ether oxygens (including phenoxy) is 2. The summed E-state index contributed by atoms with van der Waals surface area (Å²) >= 11 is 1.03. The van der Waals surface area contributed by atoms with Crippen molar-refractivity contribution in [3.63, 3.8) is 0 Å². The number of rotatable bonds is 9. The summed E-state index contributed by atoms with van der Waals surface area (Å²) in [6.45, 7) is 7.92. The molecular weight excluding hydrogens is 434 g/mol. The number of carbonyl (C=O) groups is 2. The van der Waals surface area contributed by atoms with Crippen LogP contribution in [-0.4, -0.2) is 73.4 Å². The van der Waals surface area contributed by atoms with Gasteiger partial charge in [-0.05, 0) is 26.0 Å². The van der Waals surface area contributed by atoms with Gasteiger partial charge in [-0.1, -0.05) is 17.8 Å². The Morgan fingerprint density at radius 3 is 2.44 bits per heavy atom. The van der Waals surface area contributed by atoms with Crippen LogP contribution in [0, 0.1) is 0 Å². The van der Waals surface area contributed by atoms with Crippen LogP contribution in [0.25, 0.3) is 0 Å². The molecule has 0 atom stereocenters. The third-order valence-corrected chi connectivity index (χ3v) is 6.10. The average Bonchev–Trinajstić information content (AvgIpc) is 3.26. The Labute approximate surface area is 191 Å². The van der Waals surface area contributed by atoms with E-state index in [2.05, 4.69) is 34.3 Å². The van der Waals surface area contributed by atoms with Gasteiger partial charge < -0.3 is 9.47 Å². The van der Waals surface area contributed by atoms with Crippen molar-refractivity contribution in [3.8, 4) is 11.5 Å². The molecule has 0 spiro atoms. The number of nitrogens with zero attached hydrogens (tertiary/aromatic N) is 4. The second kappa shape index (κ2) is 11.2. The lowest BCUT2D eigenvalue weighted by Crippen LogP contribution is -2.65. The minimum absolute atomic E-state index is 0.141. The normalized spacial score (nSPS) is 14.5. The van der Waals surface area contributed by atoms with E-state index in [-0.39, 0.29) is 23.3 Å². The van der Waals surface area contributed by atoms with Crippen molar-refractivity contribution in [2.24, 2.45) is 0 Å². The van der Waals surface area contributed by atoms with Crippen molar-refractivity contribution < 1.29 is 28.4 Å². The number of amides is 1. The van der Waals surface area contributed by atoms with E-state index in [0.29, 0.717) is 28.9 Å². The molecule has 1 N–H and O–H groups in total. The Balaban J connectivity index is 1.47. The van der Waals surface area contributed by atoms with E-state index in [1.165, 1.54) is 14.2 Å². The predicted octanol–water partition coefficient (Wildman–Crippen LogP) is 1.54. The van der Waals surface area contributed by atoms with Gasteiger partial charge in [0.15, 0.2) is 0 Å². The van der Waals surface area contributed by atoms with E-state index in [9.17, 15) is 9.59 Å². The summed E-state index contributed by atoms with van der Waals surface area (Å²) in [7, 11) is 3.00. The summed E-state index contributed by atoms with van der Waals surface area (Å²) in [6, 6.07) is 5.67. The SMILES string of the molecule is COc1cccc(OC)c1C(=O)SCCC(=O)Nc1c[n+](N2CCN(C(C)C)CC2)no1. The van der Waals surface area contributed by atoms with Gasteiger partial charge in [-0.2, -0.15) is 5.01 Å². The molecule has 1 aromatic heterocycles. The van der Waals surface area contributed by atoms with Crippen molar-refractivity contribution in [3.05, 3.63) is 30.0 Å². The van der Waals surface area contributed by atoms with Gasteiger partial charge >= 0.3 is 5.88 Å². The maximum Gasteiger partial charge on any atom is 0.305 e. The molecule has 0 radical (unpaired) electrons. The monoisotopic (exact) mass is 464 g/mol. The predicted molar refractivity (Wildman–Crippen MR) is 121 cm³/mol. The Kier molecular flexibility index (Phi) is 8.34. The molecule has 174 valence electrons. The van der Waals surface area contributed by atoms with E-state index in [0.717, 1.165) is 37.9 Å². The summed E-state index contributed by atoms with van der Waals surface area (Å²) in [5, 5.41) is 8.53. The van der Waals surface area contributed by atoms with Crippen molar-refractivity contribution in [1.82, 2.24) is 10.2 Å². The zero-order valence-electron chi connectivity index (χ0n) is 18.9. The minimum Gasteiger partial charge on any atom is -0.496 e. The average molecular weight is 465 g/mol. The highest BCUT2D eigenvalue weighted by atomic mass is 32.2. The number of hydrogen-bond donors (Lipinski definition) is 1. The van der Waals surface area contributed by atoms with Crippen LogP contribution >= 0.6 is 11.8 Å². The largest absolute Gasteiger partial charge is 0.496 e. The second-order valence-electron chi connectivity index (χ2n) is 7.54. The molecule has 3 rings (SSSR count). The maximum absolute atomic E-state index is 12.6. The molecule has 0 saturated carbocycles. The van der Waals surface area contributed by atoms with E-state index in [4.69, 9.17) is 14.0 Å². The summed E-state index contributed by atoms with van der Waals surface area (Å²) in [5.74, 6) is 1.18. The third kappa shape index (κ3) is 5.92. The summed E-state index contributed by atoms with van der Waals surface area (Å²) < 4.78 is 15.8. The van der Waals surface area contributed by atoms with Crippen molar-refractivity contribution >= 4 is 28.7 Å². The number of methoxy groups -OCH3 is 2.